The lowest BCUT2D eigenvalue weighted by molar-refractivity contribution is -0.0952. The molecular weight excluding hydrogens is 434 g/mol. The third kappa shape index (κ3) is 4.60. The summed E-state index contributed by atoms with van der Waals surface area (Å²) >= 11 is 0. The van der Waals surface area contributed by atoms with Crippen LogP contribution in [0, 0.1) is 0 Å². The van der Waals surface area contributed by atoms with Crippen LogP contribution in [0.25, 0.3) is 22.0 Å². The lowest BCUT2D eigenvalue weighted by Crippen LogP contribution is -2.51. The minimum atomic E-state index is -0.587. The van der Waals surface area contributed by atoms with Crippen molar-refractivity contribution in [3.05, 3.63) is 48.2 Å². The monoisotopic (exact) mass is 465 g/mol. The van der Waals surface area contributed by atoms with E-state index in [-0.39, 0.29) is 17.9 Å². The smallest absolute Gasteiger partial charge is 0.409 e. The van der Waals surface area contributed by atoms with E-state index < -0.39 is 17.9 Å². The highest BCUT2D eigenvalue weighted by Gasteiger charge is 2.37. The van der Waals surface area contributed by atoms with Crippen molar-refractivity contribution in [3.63, 3.8) is 0 Å². The number of phenols is 1. The maximum absolute atomic E-state index is 12.4. The summed E-state index contributed by atoms with van der Waals surface area (Å²) in [6, 6.07) is 11.4. The van der Waals surface area contributed by atoms with Gasteiger partial charge < -0.3 is 19.3 Å². The fourth-order valence-corrected chi connectivity index (χ4v) is 4.55. The predicted octanol–water partition coefficient (Wildman–Crippen LogP) is 5.07. The number of benzene rings is 2. The fourth-order valence-electron chi connectivity index (χ4n) is 4.55. The molecule has 180 valence electrons. The number of ether oxygens (including phenoxy) is 3. The van der Waals surface area contributed by atoms with Crippen LogP contribution in [0.15, 0.2) is 42.6 Å². The molecule has 2 fully saturated rings. The minimum Gasteiger partial charge on any atom is -0.508 e. The number of phenolic OH excluding ortho intramolecular Hbond substituents is 1. The fraction of sp³-hybridized carbons (Fsp3) is 0.462. The quantitative estimate of drug-likeness (QED) is 0.558. The van der Waals surface area contributed by atoms with Gasteiger partial charge in [0.1, 0.15) is 17.6 Å². The van der Waals surface area contributed by atoms with E-state index in [0.717, 1.165) is 53.5 Å². The number of nitrogens with zero attached hydrogens (tertiary/aromatic N) is 2. The lowest BCUT2D eigenvalue weighted by Gasteiger charge is -2.38. The third-order valence-electron chi connectivity index (χ3n) is 6.26. The topological polar surface area (TPSA) is 94.8 Å². The molecule has 0 saturated carbocycles. The van der Waals surface area contributed by atoms with Crippen molar-refractivity contribution < 1.29 is 24.1 Å². The molecule has 5 rings (SSSR count). The summed E-state index contributed by atoms with van der Waals surface area (Å²) in [5.41, 5.74) is 3.43. The van der Waals surface area contributed by atoms with E-state index in [2.05, 4.69) is 17.4 Å². The average Bonchev–Trinajstić information content (AvgIpc) is 3.21. The molecule has 3 heterocycles. The van der Waals surface area contributed by atoms with Crippen molar-refractivity contribution in [1.29, 1.82) is 0 Å². The Hall–Kier alpha value is -3.10. The second kappa shape index (κ2) is 8.92. The minimum absolute atomic E-state index is 0.0444. The predicted molar refractivity (Wildman–Crippen MR) is 128 cm³/mol. The van der Waals surface area contributed by atoms with Crippen molar-refractivity contribution in [1.82, 2.24) is 15.1 Å². The van der Waals surface area contributed by atoms with Gasteiger partial charge in [-0.3, -0.25) is 5.32 Å². The van der Waals surface area contributed by atoms with Crippen LogP contribution in [0.4, 0.5) is 4.79 Å². The van der Waals surface area contributed by atoms with Crippen molar-refractivity contribution >= 4 is 17.0 Å². The molecule has 3 atom stereocenters. The summed E-state index contributed by atoms with van der Waals surface area (Å²) < 4.78 is 19.1. The van der Waals surface area contributed by atoms with Crippen LogP contribution in [0.1, 0.15) is 57.7 Å². The number of carbonyl (C=O) groups is 1. The Morgan fingerprint density at radius 1 is 1.15 bits per heavy atom. The van der Waals surface area contributed by atoms with E-state index in [0.29, 0.717) is 6.61 Å². The van der Waals surface area contributed by atoms with Gasteiger partial charge in [-0.2, -0.15) is 5.10 Å². The molecule has 2 aromatic carbocycles. The maximum atomic E-state index is 12.4. The Morgan fingerprint density at radius 2 is 1.94 bits per heavy atom. The SMILES string of the molecule is CC(C)(C)OC(=O)N[C@@H]1OC[C@H]1c1cc(-c2ccc(O)cc2)cc2c1cnn2C1CCCCO1. The summed E-state index contributed by atoms with van der Waals surface area (Å²) in [5.74, 6) is 0.178. The first-order valence-corrected chi connectivity index (χ1v) is 11.8. The molecule has 2 N–H and O–H groups in total. The number of amides is 1. The molecule has 0 spiro atoms. The first-order valence-electron chi connectivity index (χ1n) is 11.8. The number of aromatic nitrogens is 2. The molecule has 1 amide bonds. The zero-order valence-electron chi connectivity index (χ0n) is 19.8. The second-order valence-electron chi connectivity index (χ2n) is 9.96. The van der Waals surface area contributed by atoms with Crippen LogP contribution in [0.3, 0.4) is 0 Å². The van der Waals surface area contributed by atoms with Crippen molar-refractivity contribution in [2.24, 2.45) is 0 Å². The molecule has 0 bridgehead atoms. The molecule has 34 heavy (non-hydrogen) atoms. The summed E-state index contributed by atoms with van der Waals surface area (Å²) in [4.78, 5) is 12.4. The van der Waals surface area contributed by atoms with Gasteiger partial charge >= 0.3 is 6.09 Å². The van der Waals surface area contributed by atoms with Crippen LogP contribution >= 0.6 is 0 Å². The molecule has 0 radical (unpaired) electrons. The van der Waals surface area contributed by atoms with Crippen LogP contribution in [0.5, 0.6) is 5.75 Å². The van der Waals surface area contributed by atoms with E-state index in [1.54, 1.807) is 12.1 Å². The molecule has 1 unspecified atom stereocenters. The highest BCUT2D eigenvalue weighted by Crippen LogP contribution is 2.39. The van der Waals surface area contributed by atoms with Gasteiger partial charge in [-0.15, -0.1) is 0 Å². The van der Waals surface area contributed by atoms with Gasteiger partial charge in [0.2, 0.25) is 0 Å². The molecule has 2 saturated heterocycles. The number of alkyl carbamates (subject to hydrolysis) is 1. The van der Waals surface area contributed by atoms with Gasteiger partial charge in [0.15, 0.2) is 6.23 Å². The Bertz CT molecular complexity index is 1180. The first-order chi connectivity index (χ1) is 16.3. The number of rotatable bonds is 4. The summed E-state index contributed by atoms with van der Waals surface area (Å²) in [6.45, 7) is 6.71. The Balaban J connectivity index is 1.53. The average molecular weight is 466 g/mol. The molecule has 2 aliphatic heterocycles. The first kappa shape index (κ1) is 22.7. The van der Waals surface area contributed by atoms with Crippen molar-refractivity contribution in [2.75, 3.05) is 13.2 Å². The number of hydrogen-bond donors (Lipinski definition) is 2. The summed E-state index contributed by atoms with van der Waals surface area (Å²) in [7, 11) is 0. The molecule has 8 heteroatoms. The van der Waals surface area contributed by atoms with Crippen LogP contribution < -0.4 is 5.32 Å². The second-order valence-corrected chi connectivity index (χ2v) is 9.96. The molecule has 3 aromatic rings. The van der Waals surface area contributed by atoms with E-state index in [1.165, 1.54) is 0 Å². The highest BCUT2D eigenvalue weighted by atomic mass is 16.6. The Morgan fingerprint density at radius 3 is 2.59 bits per heavy atom. The third-order valence-corrected chi connectivity index (χ3v) is 6.26. The van der Waals surface area contributed by atoms with Gasteiger partial charge in [-0.05, 0) is 81.0 Å². The van der Waals surface area contributed by atoms with Crippen LogP contribution in [-0.2, 0) is 14.2 Å². The van der Waals surface area contributed by atoms with Crippen LogP contribution in [-0.4, -0.2) is 46.0 Å². The molecule has 8 nitrogen and oxygen atoms in total. The largest absolute Gasteiger partial charge is 0.508 e. The zero-order valence-corrected chi connectivity index (χ0v) is 19.8. The van der Waals surface area contributed by atoms with Crippen LogP contribution in [0.2, 0.25) is 0 Å². The van der Waals surface area contributed by atoms with Gasteiger partial charge in [0, 0.05) is 12.0 Å². The number of hydrogen-bond acceptors (Lipinski definition) is 6. The maximum Gasteiger partial charge on any atom is 0.409 e. The van der Waals surface area contributed by atoms with Crippen molar-refractivity contribution in [2.45, 2.75) is 64.0 Å². The summed E-state index contributed by atoms with van der Waals surface area (Å²) in [6.07, 6.45) is 3.90. The standard InChI is InChI=1S/C26H31N3O5/c1-26(2,3)34-25(31)28-24-21(15-33-24)19-12-17(16-7-9-18(30)10-8-16)13-22-20(19)14-27-29(22)23-6-4-5-11-32-23/h7-10,12-14,21,23-24,30H,4-6,11,15H2,1-3H3,(H,28,31)/t21-,23?,24+/m0/s1. The summed E-state index contributed by atoms with van der Waals surface area (Å²) in [5, 5.41) is 18.3. The number of carbonyl (C=O) groups excluding carboxylic acids is 1. The van der Waals surface area contributed by atoms with E-state index in [1.807, 2.05) is 43.8 Å². The van der Waals surface area contributed by atoms with E-state index in [9.17, 15) is 9.90 Å². The van der Waals surface area contributed by atoms with Gasteiger partial charge in [0.05, 0.1) is 24.2 Å². The number of aromatic hydroxyl groups is 1. The number of nitrogens with one attached hydrogen (secondary N) is 1. The number of fused-ring (bicyclic) bond motifs is 1. The Kier molecular flexibility index (Phi) is 5.95. The van der Waals surface area contributed by atoms with Gasteiger partial charge in [-0.25, -0.2) is 9.48 Å². The Labute approximate surface area is 198 Å². The van der Waals surface area contributed by atoms with Crippen molar-refractivity contribution in [3.8, 4) is 16.9 Å². The normalized spacial score (nSPS) is 22.9. The van der Waals surface area contributed by atoms with Gasteiger partial charge in [-0.1, -0.05) is 12.1 Å². The molecule has 2 aliphatic rings. The zero-order chi connectivity index (χ0) is 23.9. The molecule has 0 aliphatic carbocycles. The van der Waals surface area contributed by atoms with Gasteiger partial charge in [0.25, 0.3) is 0 Å². The van der Waals surface area contributed by atoms with E-state index in [4.69, 9.17) is 19.3 Å². The molecule has 1 aromatic heterocycles. The molecular formula is C26H31N3O5. The lowest BCUT2D eigenvalue weighted by atomic mass is 9.88. The van der Waals surface area contributed by atoms with E-state index >= 15 is 0 Å². The highest BCUT2D eigenvalue weighted by molar-refractivity contribution is 5.88.